The van der Waals surface area contributed by atoms with Crippen molar-refractivity contribution in [3.63, 3.8) is 0 Å². The summed E-state index contributed by atoms with van der Waals surface area (Å²) in [5.41, 5.74) is 4.11. The van der Waals surface area contributed by atoms with Crippen molar-refractivity contribution in [1.82, 2.24) is 15.0 Å². The Morgan fingerprint density at radius 1 is 0.800 bits per heavy atom. The maximum absolute atomic E-state index is 11.2. The van der Waals surface area contributed by atoms with Gasteiger partial charge in [0, 0.05) is 11.4 Å². The summed E-state index contributed by atoms with van der Waals surface area (Å²) < 4.78 is 0. The van der Waals surface area contributed by atoms with Crippen molar-refractivity contribution in [3.05, 3.63) is 59.7 Å². The molecule has 30 heavy (non-hydrogen) atoms. The number of carboxylic acid groups (broad SMARTS) is 1. The van der Waals surface area contributed by atoms with Crippen molar-refractivity contribution in [2.45, 2.75) is 39.7 Å². The first-order valence-electron chi connectivity index (χ1n) is 9.94. The van der Waals surface area contributed by atoms with Crippen LogP contribution in [0.5, 0.6) is 0 Å². The fourth-order valence-corrected chi connectivity index (χ4v) is 2.71. The fraction of sp³-hybridized carbons (Fsp3) is 0.273. The highest BCUT2D eigenvalue weighted by Gasteiger charge is 2.14. The number of benzene rings is 2. The molecule has 3 aromatic rings. The lowest BCUT2D eigenvalue weighted by Gasteiger charge is -2.13. The van der Waals surface area contributed by atoms with Crippen molar-refractivity contribution in [2.75, 3.05) is 16.0 Å². The van der Waals surface area contributed by atoms with Crippen molar-refractivity contribution in [2.24, 2.45) is 0 Å². The predicted octanol–water partition coefficient (Wildman–Crippen LogP) is 4.37. The number of aromatic nitrogens is 3. The number of nitrogens with zero attached hydrogens (tertiary/aromatic N) is 3. The van der Waals surface area contributed by atoms with Crippen LogP contribution in [0, 0.1) is 0 Å². The molecule has 0 unspecified atom stereocenters. The number of hydrogen-bond donors (Lipinski definition) is 4. The second-order valence-corrected chi connectivity index (χ2v) is 6.86. The van der Waals surface area contributed by atoms with Crippen molar-refractivity contribution in [1.29, 1.82) is 0 Å². The van der Waals surface area contributed by atoms with Gasteiger partial charge < -0.3 is 21.1 Å². The zero-order valence-corrected chi connectivity index (χ0v) is 17.3. The van der Waals surface area contributed by atoms with E-state index in [1.54, 1.807) is 0 Å². The second kappa shape index (κ2) is 9.69. The molecule has 156 valence electrons. The minimum atomic E-state index is -0.996. The van der Waals surface area contributed by atoms with Gasteiger partial charge in [-0.3, -0.25) is 4.79 Å². The molecule has 0 aliphatic heterocycles. The average Bonchev–Trinajstić information content (AvgIpc) is 2.74. The molecular weight excluding hydrogens is 380 g/mol. The molecule has 0 fully saturated rings. The molecule has 0 saturated heterocycles. The lowest BCUT2D eigenvalue weighted by atomic mass is 10.1. The molecule has 0 aliphatic rings. The van der Waals surface area contributed by atoms with E-state index < -0.39 is 12.0 Å². The predicted molar refractivity (Wildman–Crippen MR) is 119 cm³/mol. The van der Waals surface area contributed by atoms with E-state index in [1.165, 1.54) is 18.1 Å². The first-order valence-corrected chi connectivity index (χ1v) is 9.94. The largest absolute Gasteiger partial charge is 0.480 e. The quantitative estimate of drug-likeness (QED) is 0.414. The van der Waals surface area contributed by atoms with Gasteiger partial charge in [0.15, 0.2) is 0 Å². The highest BCUT2D eigenvalue weighted by atomic mass is 16.4. The topological polar surface area (TPSA) is 112 Å². The van der Waals surface area contributed by atoms with E-state index in [1.807, 2.05) is 48.5 Å². The molecule has 1 aromatic heterocycles. The average molecular weight is 406 g/mol. The van der Waals surface area contributed by atoms with E-state index >= 15 is 0 Å². The Morgan fingerprint density at radius 3 is 1.57 bits per heavy atom. The van der Waals surface area contributed by atoms with Gasteiger partial charge in [-0.05, 0) is 55.2 Å². The van der Waals surface area contributed by atoms with Crippen LogP contribution in [-0.4, -0.2) is 32.1 Å². The van der Waals surface area contributed by atoms with Crippen LogP contribution in [0.15, 0.2) is 48.5 Å². The van der Waals surface area contributed by atoms with Crippen LogP contribution in [-0.2, 0) is 17.6 Å². The minimum absolute atomic E-state index is 0.167. The summed E-state index contributed by atoms with van der Waals surface area (Å²) in [6.07, 6.45) is 1.91. The van der Waals surface area contributed by atoms with E-state index in [2.05, 4.69) is 44.7 Å². The fourth-order valence-electron chi connectivity index (χ4n) is 2.71. The van der Waals surface area contributed by atoms with E-state index in [0.717, 1.165) is 24.2 Å². The number of carbonyl (C=O) groups is 1. The Balaban J connectivity index is 1.87. The molecule has 0 radical (unpaired) electrons. The maximum Gasteiger partial charge on any atom is 0.325 e. The molecule has 0 bridgehead atoms. The molecule has 0 amide bonds. The molecule has 3 rings (SSSR count). The molecule has 1 atom stereocenters. The number of aryl methyl sites for hydroxylation is 2. The van der Waals surface area contributed by atoms with Gasteiger partial charge in [0.05, 0.1) is 0 Å². The Hall–Kier alpha value is -3.68. The van der Waals surface area contributed by atoms with Gasteiger partial charge in [-0.2, -0.15) is 15.0 Å². The third kappa shape index (κ3) is 5.66. The van der Waals surface area contributed by atoms with Gasteiger partial charge in [0.2, 0.25) is 17.8 Å². The molecule has 0 saturated carbocycles. The summed E-state index contributed by atoms with van der Waals surface area (Å²) in [4.78, 5) is 24.3. The summed E-state index contributed by atoms with van der Waals surface area (Å²) in [7, 11) is 0. The first-order chi connectivity index (χ1) is 14.5. The van der Waals surface area contributed by atoms with Crippen LogP contribution in [0.3, 0.4) is 0 Å². The third-order valence-electron chi connectivity index (χ3n) is 4.59. The number of rotatable bonds is 9. The number of carboxylic acids is 1. The molecule has 0 aliphatic carbocycles. The summed E-state index contributed by atoms with van der Waals surface area (Å²) in [6.45, 7) is 5.72. The molecular formula is C22H26N6O2. The zero-order valence-electron chi connectivity index (χ0n) is 17.3. The van der Waals surface area contributed by atoms with Crippen LogP contribution < -0.4 is 16.0 Å². The van der Waals surface area contributed by atoms with Gasteiger partial charge in [0.25, 0.3) is 0 Å². The number of hydrogen-bond acceptors (Lipinski definition) is 7. The van der Waals surface area contributed by atoms with Crippen molar-refractivity contribution >= 4 is 35.2 Å². The first kappa shape index (κ1) is 21.0. The summed E-state index contributed by atoms with van der Waals surface area (Å²) >= 11 is 0. The molecule has 0 spiro atoms. The van der Waals surface area contributed by atoms with Gasteiger partial charge in [-0.15, -0.1) is 0 Å². The monoisotopic (exact) mass is 406 g/mol. The van der Waals surface area contributed by atoms with Crippen LogP contribution in [0.1, 0.15) is 31.9 Å². The van der Waals surface area contributed by atoms with Gasteiger partial charge in [-0.25, -0.2) is 0 Å². The van der Waals surface area contributed by atoms with E-state index in [-0.39, 0.29) is 5.95 Å². The van der Waals surface area contributed by atoms with Crippen molar-refractivity contribution in [3.8, 4) is 0 Å². The molecule has 4 N–H and O–H groups in total. The van der Waals surface area contributed by atoms with E-state index in [4.69, 9.17) is 0 Å². The Morgan fingerprint density at radius 2 is 1.20 bits per heavy atom. The molecule has 8 nitrogen and oxygen atoms in total. The lowest BCUT2D eigenvalue weighted by molar-refractivity contribution is -0.137. The smallest absolute Gasteiger partial charge is 0.325 e. The lowest BCUT2D eigenvalue weighted by Crippen LogP contribution is -2.26. The number of anilines is 5. The van der Waals surface area contributed by atoms with E-state index in [9.17, 15) is 9.90 Å². The third-order valence-corrected chi connectivity index (χ3v) is 4.59. The van der Waals surface area contributed by atoms with Gasteiger partial charge >= 0.3 is 5.97 Å². The normalized spacial score (nSPS) is 11.6. The Bertz CT molecular complexity index is 922. The van der Waals surface area contributed by atoms with Crippen LogP contribution in [0.4, 0.5) is 29.2 Å². The van der Waals surface area contributed by atoms with Crippen LogP contribution >= 0.6 is 0 Å². The zero-order chi connectivity index (χ0) is 21.5. The van der Waals surface area contributed by atoms with Gasteiger partial charge in [0.1, 0.15) is 6.04 Å². The highest BCUT2D eigenvalue weighted by molar-refractivity contribution is 5.76. The summed E-state index contributed by atoms with van der Waals surface area (Å²) in [5, 5.41) is 18.3. The minimum Gasteiger partial charge on any atom is -0.480 e. The summed E-state index contributed by atoms with van der Waals surface area (Å²) in [5.74, 6) is -0.214. The number of nitrogens with one attached hydrogen (secondary N) is 3. The van der Waals surface area contributed by atoms with Crippen LogP contribution in [0.25, 0.3) is 0 Å². The molecule has 2 aromatic carbocycles. The maximum atomic E-state index is 11.2. The van der Waals surface area contributed by atoms with E-state index in [0.29, 0.717) is 11.9 Å². The highest BCUT2D eigenvalue weighted by Crippen LogP contribution is 2.20. The Kier molecular flexibility index (Phi) is 6.79. The summed E-state index contributed by atoms with van der Waals surface area (Å²) in [6, 6.07) is 15.1. The SMILES string of the molecule is CCc1ccc(Nc2nc(Nc3ccc(CC)cc3)nc(N[C@@H](C)C(=O)O)n2)cc1. The molecule has 1 heterocycles. The second-order valence-electron chi connectivity index (χ2n) is 6.86. The number of aliphatic carboxylic acids is 1. The standard InChI is InChI=1S/C22H26N6O2/c1-4-15-6-10-17(11-7-15)24-21-26-20(23-14(3)19(29)30)27-22(28-21)25-18-12-8-16(5-2)9-13-18/h6-14H,4-5H2,1-3H3,(H,29,30)(H3,23,24,25,26,27,28)/t14-/m0/s1. The molecule has 8 heteroatoms. The van der Waals surface area contributed by atoms with Gasteiger partial charge in [-0.1, -0.05) is 38.1 Å². The van der Waals surface area contributed by atoms with Crippen molar-refractivity contribution < 1.29 is 9.90 Å². The van der Waals surface area contributed by atoms with Crippen LogP contribution in [0.2, 0.25) is 0 Å². The Labute approximate surface area is 175 Å².